The van der Waals surface area contributed by atoms with Crippen LogP contribution in [-0.4, -0.2) is 102 Å². The molecule has 1 fully saturated rings. The molecule has 3 atom stereocenters. The van der Waals surface area contributed by atoms with Gasteiger partial charge in [0.2, 0.25) is 23.6 Å². The second-order valence-electron chi connectivity index (χ2n) is 15.3. The van der Waals surface area contributed by atoms with Crippen molar-refractivity contribution in [1.82, 2.24) is 25.8 Å². The maximum absolute atomic E-state index is 13.7. The van der Waals surface area contributed by atoms with Gasteiger partial charge in [-0.1, -0.05) is 67.1 Å². The van der Waals surface area contributed by atoms with Gasteiger partial charge in [-0.25, -0.2) is 9.59 Å². The SMILES string of the molecule is Cc1ccccc1NC(=O)Nc1ccc(CC(=O)N(C)[C@@H](CCCCNC(=O)CCCCCN)C(=O)NCC[C@H](NC(=O)[C@@H]2CCCN2Cc2ccccc2)C(=O)O)cc1. The molecule has 60 heavy (non-hydrogen) atoms. The van der Waals surface area contributed by atoms with Gasteiger partial charge in [-0.05, 0) is 106 Å². The molecule has 1 saturated heterocycles. The number of carboxylic acids is 1. The van der Waals surface area contributed by atoms with E-state index >= 15 is 0 Å². The minimum atomic E-state index is -1.22. The normalized spacial score (nSPS) is 14.7. The predicted molar refractivity (Wildman–Crippen MR) is 232 cm³/mol. The lowest BCUT2D eigenvalue weighted by Gasteiger charge is -2.28. The Labute approximate surface area is 353 Å². The summed E-state index contributed by atoms with van der Waals surface area (Å²) in [4.78, 5) is 81.1. The highest BCUT2D eigenvalue weighted by Crippen LogP contribution is 2.21. The van der Waals surface area contributed by atoms with Crippen LogP contribution >= 0.6 is 0 Å². The summed E-state index contributed by atoms with van der Waals surface area (Å²) in [5.41, 5.74) is 9.43. The molecule has 1 aliphatic heterocycles. The van der Waals surface area contributed by atoms with Crippen LogP contribution in [0, 0.1) is 6.92 Å². The molecule has 15 heteroatoms. The van der Waals surface area contributed by atoms with E-state index in [4.69, 9.17) is 5.73 Å². The fourth-order valence-corrected chi connectivity index (χ4v) is 7.18. The molecule has 6 amide bonds. The summed E-state index contributed by atoms with van der Waals surface area (Å²) in [5, 5.41) is 24.0. The Kier molecular flexibility index (Phi) is 19.5. The van der Waals surface area contributed by atoms with E-state index in [2.05, 4.69) is 31.5 Å². The lowest BCUT2D eigenvalue weighted by Crippen LogP contribution is -2.51. The number of carbonyl (C=O) groups is 6. The number of aryl methyl sites for hydroxylation is 1. The van der Waals surface area contributed by atoms with Crippen LogP contribution < -0.4 is 32.3 Å². The van der Waals surface area contributed by atoms with Crippen LogP contribution in [0.2, 0.25) is 0 Å². The van der Waals surface area contributed by atoms with Crippen LogP contribution in [0.25, 0.3) is 0 Å². The van der Waals surface area contributed by atoms with Gasteiger partial charge in [0, 0.05) is 44.5 Å². The Morgan fingerprint density at radius 3 is 2.27 bits per heavy atom. The maximum atomic E-state index is 13.7. The number of para-hydroxylation sites is 1. The van der Waals surface area contributed by atoms with Crippen LogP contribution in [0.3, 0.4) is 0 Å². The lowest BCUT2D eigenvalue weighted by atomic mass is 10.0. The number of likely N-dealkylation sites (tertiary alicyclic amines) is 1. The zero-order valence-corrected chi connectivity index (χ0v) is 34.9. The maximum Gasteiger partial charge on any atom is 0.326 e. The summed E-state index contributed by atoms with van der Waals surface area (Å²) >= 11 is 0. The van der Waals surface area contributed by atoms with Gasteiger partial charge in [-0.15, -0.1) is 0 Å². The molecular formula is C45H62N8O7. The van der Waals surface area contributed by atoms with Crippen LogP contribution in [0.15, 0.2) is 78.9 Å². The van der Waals surface area contributed by atoms with Gasteiger partial charge in [0.05, 0.1) is 12.5 Å². The van der Waals surface area contributed by atoms with Gasteiger partial charge >= 0.3 is 12.0 Å². The van der Waals surface area contributed by atoms with Crippen molar-refractivity contribution in [2.45, 2.75) is 102 Å². The first kappa shape index (κ1) is 46.9. The first-order valence-corrected chi connectivity index (χ1v) is 21.0. The number of nitrogens with zero attached hydrogens (tertiary/aromatic N) is 2. The third-order valence-corrected chi connectivity index (χ3v) is 10.7. The smallest absolute Gasteiger partial charge is 0.326 e. The molecule has 0 spiro atoms. The number of hydrogen-bond acceptors (Lipinski definition) is 8. The van der Waals surface area contributed by atoms with Crippen molar-refractivity contribution in [3.05, 3.63) is 95.6 Å². The highest BCUT2D eigenvalue weighted by atomic mass is 16.4. The van der Waals surface area contributed by atoms with Gasteiger partial charge < -0.3 is 42.3 Å². The Balaban J connectivity index is 1.32. The number of likely N-dealkylation sites (N-methyl/N-ethyl adjacent to an activating group) is 1. The molecule has 0 aromatic heterocycles. The van der Waals surface area contributed by atoms with E-state index in [1.807, 2.05) is 61.5 Å². The predicted octanol–water partition coefficient (Wildman–Crippen LogP) is 4.55. The molecule has 324 valence electrons. The first-order chi connectivity index (χ1) is 28.9. The minimum absolute atomic E-state index is 0.00818. The average molecular weight is 827 g/mol. The molecule has 0 bridgehead atoms. The topological polar surface area (TPSA) is 215 Å². The van der Waals surface area contributed by atoms with Crippen molar-refractivity contribution in [1.29, 1.82) is 0 Å². The number of amides is 6. The number of benzene rings is 3. The zero-order chi connectivity index (χ0) is 43.3. The van der Waals surface area contributed by atoms with E-state index < -0.39 is 36.0 Å². The van der Waals surface area contributed by atoms with Gasteiger partial charge in [0.25, 0.3) is 0 Å². The Morgan fingerprint density at radius 1 is 0.817 bits per heavy atom. The van der Waals surface area contributed by atoms with Crippen LogP contribution in [0.5, 0.6) is 0 Å². The molecule has 0 aliphatic carbocycles. The average Bonchev–Trinajstić information content (AvgIpc) is 3.70. The summed E-state index contributed by atoms with van der Waals surface area (Å²) in [7, 11) is 1.56. The molecule has 3 aromatic rings. The number of anilines is 2. The largest absolute Gasteiger partial charge is 0.480 e. The van der Waals surface area contributed by atoms with Gasteiger partial charge in [0.1, 0.15) is 12.1 Å². The summed E-state index contributed by atoms with van der Waals surface area (Å²) in [6, 6.07) is 21.1. The van der Waals surface area contributed by atoms with Crippen LogP contribution in [0.1, 0.15) is 80.9 Å². The fraction of sp³-hybridized carbons (Fsp3) is 0.467. The number of carboxylic acid groups (broad SMARTS) is 1. The Hall–Kier alpha value is -5.80. The minimum Gasteiger partial charge on any atom is -0.480 e. The number of rotatable bonds is 24. The zero-order valence-electron chi connectivity index (χ0n) is 34.9. The van der Waals surface area contributed by atoms with Gasteiger partial charge in [-0.3, -0.25) is 24.1 Å². The summed E-state index contributed by atoms with van der Waals surface area (Å²) < 4.78 is 0. The molecule has 0 saturated carbocycles. The third-order valence-electron chi connectivity index (χ3n) is 10.7. The van der Waals surface area contributed by atoms with Crippen molar-refractivity contribution >= 4 is 47.0 Å². The number of hydrogen-bond donors (Lipinski definition) is 7. The van der Waals surface area contributed by atoms with Crippen LogP contribution in [-0.2, 0) is 36.9 Å². The number of unbranched alkanes of at least 4 members (excludes halogenated alkanes) is 3. The van der Waals surface area contributed by atoms with E-state index in [-0.39, 0.29) is 37.1 Å². The second kappa shape index (κ2) is 25.0. The molecular weight excluding hydrogens is 765 g/mol. The van der Waals surface area contributed by atoms with E-state index in [0.717, 1.165) is 43.4 Å². The monoisotopic (exact) mass is 826 g/mol. The standard InChI is InChI=1S/C45H62N8O7/c1-32-14-8-9-17-36(32)51-45(60)49-35-23-21-33(22-24-35)30-41(55)52(2)38(18-10-12-27-47-40(54)20-7-4-11-26-46)42(56)48-28-25-37(44(58)59)50-43(57)39-19-13-29-53(39)31-34-15-5-3-6-16-34/h3,5-6,8-9,14-17,21-24,37-39H,4,7,10-13,18-20,25-31,46H2,1-2H3,(H,47,54)(H,48,56)(H,50,57)(H,58,59)(H2,49,51,60)/t37-,38-,39-/m0/s1. The first-order valence-electron chi connectivity index (χ1n) is 21.0. The molecule has 8 N–H and O–H groups in total. The number of aliphatic carboxylic acids is 1. The van der Waals surface area contributed by atoms with Crippen molar-refractivity contribution in [3.63, 3.8) is 0 Å². The number of carbonyl (C=O) groups excluding carboxylic acids is 5. The molecule has 3 aromatic carbocycles. The van der Waals surface area contributed by atoms with Gasteiger partial charge in [-0.2, -0.15) is 0 Å². The fourth-order valence-electron chi connectivity index (χ4n) is 7.18. The Morgan fingerprint density at radius 2 is 1.55 bits per heavy atom. The molecule has 1 heterocycles. The molecule has 15 nitrogen and oxygen atoms in total. The summed E-state index contributed by atoms with van der Waals surface area (Å²) in [5.74, 6) is -2.37. The van der Waals surface area contributed by atoms with Crippen molar-refractivity contribution < 1.29 is 33.9 Å². The van der Waals surface area contributed by atoms with E-state index in [1.165, 1.54) is 4.90 Å². The molecule has 1 aliphatic rings. The molecule has 0 unspecified atom stereocenters. The van der Waals surface area contributed by atoms with E-state index in [1.54, 1.807) is 31.3 Å². The second-order valence-corrected chi connectivity index (χ2v) is 15.3. The van der Waals surface area contributed by atoms with Gasteiger partial charge in [0.15, 0.2) is 0 Å². The van der Waals surface area contributed by atoms with Crippen molar-refractivity contribution in [2.24, 2.45) is 5.73 Å². The van der Waals surface area contributed by atoms with E-state index in [0.29, 0.717) is 68.7 Å². The number of nitrogens with one attached hydrogen (secondary N) is 5. The third kappa shape index (κ3) is 15.8. The lowest BCUT2D eigenvalue weighted by molar-refractivity contribution is -0.143. The quantitative estimate of drug-likeness (QED) is 0.0630. The number of nitrogens with two attached hydrogens (primary N) is 1. The number of urea groups is 1. The highest BCUT2D eigenvalue weighted by Gasteiger charge is 2.33. The highest BCUT2D eigenvalue weighted by molar-refractivity contribution is 6.00. The van der Waals surface area contributed by atoms with Crippen molar-refractivity contribution in [3.8, 4) is 0 Å². The summed E-state index contributed by atoms with van der Waals surface area (Å²) in [6.07, 6.45) is 5.75. The summed E-state index contributed by atoms with van der Waals surface area (Å²) in [6.45, 7) is 4.19. The Bertz CT molecular complexity index is 1860. The van der Waals surface area contributed by atoms with E-state index in [9.17, 15) is 33.9 Å². The molecule has 0 radical (unpaired) electrons. The van der Waals surface area contributed by atoms with Crippen molar-refractivity contribution in [2.75, 3.05) is 43.9 Å². The molecule has 4 rings (SSSR count). The van der Waals surface area contributed by atoms with Crippen LogP contribution in [0.4, 0.5) is 16.2 Å².